The van der Waals surface area contributed by atoms with E-state index in [2.05, 4.69) is 35.9 Å². The van der Waals surface area contributed by atoms with Crippen LogP contribution in [0, 0.1) is 0 Å². The van der Waals surface area contributed by atoms with E-state index in [1.54, 1.807) is 0 Å². The zero-order valence-corrected chi connectivity index (χ0v) is 13.2. The van der Waals surface area contributed by atoms with Crippen molar-refractivity contribution in [3.63, 3.8) is 0 Å². The maximum Gasteiger partial charge on any atom is 0.0123 e. The van der Waals surface area contributed by atoms with Gasteiger partial charge in [0.1, 0.15) is 0 Å². The molecule has 1 heterocycles. The molecule has 0 aromatic heterocycles. The summed E-state index contributed by atoms with van der Waals surface area (Å²) >= 11 is 0. The van der Waals surface area contributed by atoms with Crippen LogP contribution in [0.15, 0.2) is 0 Å². The summed E-state index contributed by atoms with van der Waals surface area (Å²) in [4.78, 5) is 5.37. The summed E-state index contributed by atoms with van der Waals surface area (Å²) in [6, 6.07) is 0.916. The first kappa shape index (κ1) is 15.3. The third-order valence-corrected chi connectivity index (χ3v) is 5.16. The van der Waals surface area contributed by atoms with Crippen molar-refractivity contribution in [2.24, 2.45) is 0 Å². The molecule has 1 aliphatic heterocycles. The summed E-state index contributed by atoms with van der Waals surface area (Å²) in [5.74, 6) is 0. The van der Waals surface area contributed by atoms with Gasteiger partial charge >= 0.3 is 0 Å². The Kier molecular flexibility index (Phi) is 5.67. The Morgan fingerprint density at radius 2 is 1.68 bits per heavy atom. The fourth-order valence-corrected chi connectivity index (χ4v) is 3.30. The lowest BCUT2D eigenvalue weighted by atomic mass is 10.0. The largest absolute Gasteiger partial charge is 0.311 e. The van der Waals surface area contributed by atoms with E-state index in [9.17, 15) is 0 Å². The molecule has 0 spiro atoms. The molecule has 2 fully saturated rings. The molecule has 0 radical (unpaired) electrons. The highest BCUT2D eigenvalue weighted by atomic mass is 15.3. The van der Waals surface area contributed by atoms with E-state index in [0.29, 0.717) is 5.54 Å². The second-order valence-electron chi connectivity index (χ2n) is 6.98. The summed E-state index contributed by atoms with van der Waals surface area (Å²) < 4.78 is 0. The Labute approximate surface area is 119 Å². The van der Waals surface area contributed by atoms with Gasteiger partial charge in [-0.3, -0.25) is 9.80 Å². The van der Waals surface area contributed by atoms with E-state index in [1.807, 2.05) is 0 Å². The van der Waals surface area contributed by atoms with Crippen LogP contribution in [0.1, 0.15) is 52.9 Å². The normalized spacial score (nSPS) is 24.2. The number of nitrogens with zero attached hydrogens (tertiary/aromatic N) is 2. The first-order valence-electron chi connectivity index (χ1n) is 8.32. The lowest BCUT2D eigenvalue weighted by molar-refractivity contribution is 0.0970. The quantitative estimate of drug-likeness (QED) is 0.797. The van der Waals surface area contributed by atoms with E-state index in [4.69, 9.17) is 0 Å². The van der Waals surface area contributed by atoms with Crippen LogP contribution in [-0.2, 0) is 0 Å². The molecular formula is C16H33N3. The Morgan fingerprint density at radius 3 is 2.26 bits per heavy atom. The van der Waals surface area contributed by atoms with Crippen LogP contribution in [0.5, 0.6) is 0 Å². The molecule has 0 aromatic rings. The molecule has 2 aliphatic rings. The SMILES string of the molecule is CCC(C)(C)NCCN1CCN(C2CCCC2)CC1. The van der Waals surface area contributed by atoms with E-state index in [-0.39, 0.29) is 0 Å². The fourth-order valence-electron chi connectivity index (χ4n) is 3.30. The van der Waals surface area contributed by atoms with E-state index in [0.717, 1.165) is 12.6 Å². The molecule has 3 heteroatoms. The minimum Gasteiger partial charge on any atom is -0.311 e. The second-order valence-corrected chi connectivity index (χ2v) is 6.98. The molecule has 3 nitrogen and oxygen atoms in total. The predicted octanol–water partition coefficient (Wildman–Crippen LogP) is 2.32. The predicted molar refractivity (Wildman–Crippen MR) is 82.6 cm³/mol. The highest BCUT2D eigenvalue weighted by Gasteiger charge is 2.26. The molecular weight excluding hydrogens is 234 g/mol. The van der Waals surface area contributed by atoms with Crippen molar-refractivity contribution in [2.75, 3.05) is 39.3 Å². The van der Waals surface area contributed by atoms with Gasteiger partial charge in [-0.2, -0.15) is 0 Å². The van der Waals surface area contributed by atoms with Gasteiger partial charge in [0.2, 0.25) is 0 Å². The molecule has 0 bridgehead atoms. The van der Waals surface area contributed by atoms with Crippen molar-refractivity contribution in [2.45, 2.75) is 64.5 Å². The van der Waals surface area contributed by atoms with Gasteiger partial charge in [0.25, 0.3) is 0 Å². The van der Waals surface area contributed by atoms with Crippen molar-refractivity contribution in [3.05, 3.63) is 0 Å². The molecule has 2 rings (SSSR count). The molecule has 19 heavy (non-hydrogen) atoms. The summed E-state index contributed by atoms with van der Waals surface area (Å²) in [5, 5.41) is 3.67. The van der Waals surface area contributed by atoms with Gasteiger partial charge in [0.05, 0.1) is 0 Å². The van der Waals surface area contributed by atoms with Crippen LogP contribution < -0.4 is 5.32 Å². The topological polar surface area (TPSA) is 18.5 Å². The molecule has 1 saturated heterocycles. The monoisotopic (exact) mass is 267 g/mol. The van der Waals surface area contributed by atoms with E-state index >= 15 is 0 Å². The van der Waals surface area contributed by atoms with Gasteiger partial charge in [0.15, 0.2) is 0 Å². The first-order valence-corrected chi connectivity index (χ1v) is 8.32. The Bertz CT molecular complexity index is 251. The van der Waals surface area contributed by atoms with E-state index in [1.165, 1.54) is 64.8 Å². The molecule has 0 amide bonds. The van der Waals surface area contributed by atoms with Crippen LogP contribution in [-0.4, -0.2) is 60.6 Å². The Balaban J connectivity index is 1.61. The van der Waals surface area contributed by atoms with Crippen molar-refractivity contribution >= 4 is 0 Å². The molecule has 0 atom stereocenters. The van der Waals surface area contributed by atoms with Crippen LogP contribution >= 0.6 is 0 Å². The number of piperazine rings is 1. The molecule has 1 saturated carbocycles. The van der Waals surface area contributed by atoms with Crippen molar-refractivity contribution < 1.29 is 0 Å². The average molecular weight is 267 g/mol. The summed E-state index contributed by atoms with van der Waals surface area (Å²) in [7, 11) is 0. The Morgan fingerprint density at radius 1 is 1.05 bits per heavy atom. The van der Waals surface area contributed by atoms with Gasteiger partial charge in [-0.25, -0.2) is 0 Å². The second kappa shape index (κ2) is 7.05. The highest BCUT2D eigenvalue weighted by molar-refractivity contribution is 4.82. The smallest absolute Gasteiger partial charge is 0.0123 e. The van der Waals surface area contributed by atoms with E-state index < -0.39 is 0 Å². The van der Waals surface area contributed by atoms with Crippen molar-refractivity contribution in [1.82, 2.24) is 15.1 Å². The van der Waals surface area contributed by atoms with Gasteiger partial charge < -0.3 is 5.32 Å². The zero-order chi connectivity index (χ0) is 13.7. The lowest BCUT2D eigenvalue weighted by Crippen LogP contribution is -2.52. The van der Waals surface area contributed by atoms with Gasteiger partial charge in [-0.05, 0) is 33.1 Å². The van der Waals surface area contributed by atoms with Crippen LogP contribution in [0.4, 0.5) is 0 Å². The minimum absolute atomic E-state index is 0.297. The zero-order valence-electron chi connectivity index (χ0n) is 13.2. The fraction of sp³-hybridized carbons (Fsp3) is 1.00. The molecule has 1 N–H and O–H groups in total. The van der Waals surface area contributed by atoms with Crippen molar-refractivity contribution in [3.8, 4) is 0 Å². The molecule has 1 aliphatic carbocycles. The average Bonchev–Trinajstić information content (AvgIpc) is 2.93. The third kappa shape index (κ3) is 4.73. The summed E-state index contributed by atoms with van der Waals surface area (Å²) in [6.45, 7) is 14.3. The van der Waals surface area contributed by atoms with Crippen LogP contribution in [0.25, 0.3) is 0 Å². The number of hydrogen-bond donors (Lipinski definition) is 1. The first-order chi connectivity index (χ1) is 9.11. The standard InChI is InChI=1S/C16H33N3/c1-4-16(2,3)17-9-10-18-11-13-19(14-12-18)15-7-5-6-8-15/h15,17H,4-14H2,1-3H3. The number of hydrogen-bond acceptors (Lipinski definition) is 3. The number of rotatable bonds is 6. The van der Waals surface area contributed by atoms with Crippen molar-refractivity contribution in [1.29, 1.82) is 0 Å². The lowest BCUT2D eigenvalue weighted by Gasteiger charge is -2.38. The highest BCUT2D eigenvalue weighted by Crippen LogP contribution is 2.24. The Hall–Kier alpha value is -0.120. The maximum atomic E-state index is 3.67. The van der Waals surface area contributed by atoms with Gasteiger partial charge in [0, 0.05) is 50.8 Å². The van der Waals surface area contributed by atoms with Gasteiger partial charge in [-0.1, -0.05) is 19.8 Å². The molecule has 112 valence electrons. The minimum atomic E-state index is 0.297. The van der Waals surface area contributed by atoms with Gasteiger partial charge in [-0.15, -0.1) is 0 Å². The maximum absolute atomic E-state index is 3.67. The third-order valence-electron chi connectivity index (χ3n) is 5.16. The van der Waals surface area contributed by atoms with Crippen LogP contribution in [0.2, 0.25) is 0 Å². The molecule has 0 unspecified atom stereocenters. The van der Waals surface area contributed by atoms with Crippen LogP contribution in [0.3, 0.4) is 0 Å². The number of nitrogens with one attached hydrogen (secondary N) is 1. The molecule has 0 aromatic carbocycles. The summed E-state index contributed by atoms with van der Waals surface area (Å²) in [6.07, 6.45) is 7.02. The summed E-state index contributed by atoms with van der Waals surface area (Å²) in [5.41, 5.74) is 0.297.